The second-order valence-corrected chi connectivity index (χ2v) is 5.72. The summed E-state index contributed by atoms with van der Waals surface area (Å²) in [6.45, 7) is -0.0449. The van der Waals surface area contributed by atoms with Gasteiger partial charge in [-0.3, -0.25) is 9.89 Å². The van der Waals surface area contributed by atoms with E-state index in [-0.39, 0.29) is 23.8 Å². The van der Waals surface area contributed by atoms with Crippen molar-refractivity contribution in [3.8, 4) is 22.6 Å². The third kappa shape index (κ3) is 4.43. The number of carbonyl (C=O) groups is 1. The number of rotatable bonds is 6. The second kappa shape index (κ2) is 8.03. The maximum Gasteiger partial charge on any atom is 0.573 e. The van der Waals surface area contributed by atoms with Crippen molar-refractivity contribution in [3.05, 3.63) is 66.0 Å². The first kappa shape index (κ1) is 19.3. The molecule has 0 saturated carbocycles. The van der Waals surface area contributed by atoms with E-state index in [9.17, 15) is 18.0 Å². The first-order valence-corrected chi connectivity index (χ1v) is 8.17. The summed E-state index contributed by atoms with van der Waals surface area (Å²) >= 11 is 0. The normalized spacial score (nSPS) is 11.1. The molecule has 0 aliphatic heterocycles. The summed E-state index contributed by atoms with van der Waals surface area (Å²) in [7, 11) is 1.24. The van der Waals surface area contributed by atoms with Crippen LogP contribution < -0.4 is 14.8 Å². The first-order chi connectivity index (χ1) is 13.4. The Labute approximate surface area is 158 Å². The number of H-pyrrole nitrogens is 1. The van der Waals surface area contributed by atoms with Crippen LogP contribution in [-0.2, 0) is 6.54 Å². The molecule has 0 unspecified atom stereocenters. The van der Waals surface area contributed by atoms with Gasteiger partial charge in [0, 0.05) is 35.0 Å². The van der Waals surface area contributed by atoms with Gasteiger partial charge in [0.25, 0.3) is 5.91 Å². The molecule has 0 atom stereocenters. The SMILES string of the molecule is COc1c(CNC(=O)c2ccccc2)ccc(-c2cn[nH]c2)c1OC(F)(F)F. The number of halogens is 3. The molecule has 2 aromatic carbocycles. The molecule has 0 saturated heterocycles. The number of nitrogens with one attached hydrogen (secondary N) is 2. The number of ether oxygens (including phenoxy) is 2. The van der Waals surface area contributed by atoms with Crippen LogP contribution in [0.3, 0.4) is 0 Å². The number of alkyl halides is 3. The Hall–Kier alpha value is -3.49. The molecule has 1 aromatic heterocycles. The van der Waals surface area contributed by atoms with Crippen LogP contribution >= 0.6 is 0 Å². The van der Waals surface area contributed by atoms with Gasteiger partial charge in [-0.15, -0.1) is 13.2 Å². The molecule has 28 heavy (non-hydrogen) atoms. The summed E-state index contributed by atoms with van der Waals surface area (Å²) in [4.78, 5) is 12.2. The Balaban J connectivity index is 1.93. The van der Waals surface area contributed by atoms with Gasteiger partial charge in [0.1, 0.15) is 0 Å². The topological polar surface area (TPSA) is 76.2 Å². The lowest BCUT2D eigenvalue weighted by molar-refractivity contribution is -0.274. The molecular formula is C19H16F3N3O3. The van der Waals surface area contributed by atoms with E-state index in [0.717, 1.165) is 0 Å². The summed E-state index contributed by atoms with van der Waals surface area (Å²) in [6, 6.07) is 11.5. The lowest BCUT2D eigenvalue weighted by atomic mass is 10.0. The van der Waals surface area contributed by atoms with Crippen LogP contribution in [0.15, 0.2) is 54.9 Å². The summed E-state index contributed by atoms with van der Waals surface area (Å²) < 4.78 is 48.4. The van der Waals surface area contributed by atoms with Gasteiger partial charge in [-0.1, -0.05) is 24.3 Å². The van der Waals surface area contributed by atoms with E-state index in [1.165, 1.54) is 25.6 Å². The number of benzene rings is 2. The Morgan fingerprint density at radius 1 is 1.14 bits per heavy atom. The molecule has 0 spiro atoms. The highest BCUT2D eigenvalue weighted by Gasteiger charge is 2.34. The maximum absolute atomic E-state index is 13.0. The molecule has 0 bridgehead atoms. The molecule has 3 aromatic rings. The summed E-state index contributed by atoms with van der Waals surface area (Å²) in [5.41, 5.74) is 1.32. The average Bonchev–Trinajstić information content (AvgIpc) is 3.20. The number of hydrogen-bond donors (Lipinski definition) is 2. The number of aromatic nitrogens is 2. The highest BCUT2D eigenvalue weighted by Crippen LogP contribution is 2.43. The van der Waals surface area contributed by atoms with Crippen molar-refractivity contribution in [2.24, 2.45) is 0 Å². The lowest BCUT2D eigenvalue weighted by Gasteiger charge is -2.19. The van der Waals surface area contributed by atoms with Crippen molar-refractivity contribution in [1.29, 1.82) is 0 Å². The Bertz CT molecular complexity index is 942. The minimum absolute atomic E-state index is 0.0449. The van der Waals surface area contributed by atoms with E-state index in [1.54, 1.807) is 36.4 Å². The van der Waals surface area contributed by atoms with Crippen molar-refractivity contribution in [3.63, 3.8) is 0 Å². The number of amides is 1. The van der Waals surface area contributed by atoms with Crippen LogP contribution in [0.25, 0.3) is 11.1 Å². The third-order valence-electron chi connectivity index (χ3n) is 3.90. The molecule has 3 rings (SSSR count). The molecule has 0 aliphatic rings. The van der Waals surface area contributed by atoms with E-state index in [0.29, 0.717) is 16.7 Å². The summed E-state index contributed by atoms with van der Waals surface area (Å²) in [5.74, 6) is -0.980. The predicted molar refractivity (Wildman–Crippen MR) is 94.9 cm³/mol. The minimum Gasteiger partial charge on any atom is -0.492 e. The molecule has 2 N–H and O–H groups in total. The van der Waals surface area contributed by atoms with Gasteiger partial charge in [-0.2, -0.15) is 5.10 Å². The zero-order valence-corrected chi connectivity index (χ0v) is 14.7. The number of nitrogens with zero attached hydrogens (tertiary/aromatic N) is 1. The van der Waals surface area contributed by atoms with E-state index in [2.05, 4.69) is 20.3 Å². The van der Waals surface area contributed by atoms with Gasteiger partial charge in [0.2, 0.25) is 0 Å². The molecular weight excluding hydrogens is 375 g/mol. The minimum atomic E-state index is -4.92. The third-order valence-corrected chi connectivity index (χ3v) is 3.90. The number of aromatic amines is 1. The Morgan fingerprint density at radius 3 is 2.50 bits per heavy atom. The fourth-order valence-electron chi connectivity index (χ4n) is 2.68. The van der Waals surface area contributed by atoms with Gasteiger partial charge in [0.15, 0.2) is 11.5 Å². The van der Waals surface area contributed by atoms with E-state index < -0.39 is 12.1 Å². The molecule has 6 nitrogen and oxygen atoms in total. The van der Waals surface area contributed by atoms with Crippen LogP contribution in [0.1, 0.15) is 15.9 Å². The smallest absolute Gasteiger partial charge is 0.492 e. The number of methoxy groups -OCH3 is 1. The van der Waals surface area contributed by atoms with Gasteiger partial charge >= 0.3 is 6.36 Å². The van der Waals surface area contributed by atoms with Crippen molar-refractivity contribution < 1.29 is 27.4 Å². The fourth-order valence-corrected chi connectivity index (χ4v) is 2.68. The maximum atomic E-state index is 13.0. The number of carbonyl (C=O) groups excluding carboxylic acids is 1. The van der Waals surface area contributed by atoms with Gasteiger partial charge in [-0.05, 0) is 18.2 Å². The van der Waals surface area contributed by atoms with Gasteiger partial charge < -0.3 is 14.8 Å². The lowest BCUT2D eigenvalue weighted by Crippen LogP contribution is -2.23. The highest BCUT2D eigenvalue weighted by molar-refractivity contribution is 5.94. The first-order valence-electron chi connectivity index (χ1n) is 8.17. The largest absolute Gasteiger partial charge is 0.573 e. The summed E-state index contributed by atoms with van der Waals surface area (Å²) in [5, 5.41) is 8.95. The van der Waals surface area contributed by atoms with E-state index in [4.69, 9.17) is 4.74 Å². The summed E-state index contributed by atoms with van der Waals surface area (Å²) in [6.07, 6.45) is -2.11. The van der Waals surface area contributed by atoms with E-state index in [1.807, 2.05) is 0 Å². The quantitative estimate of drug-likeness (QED) is 0.668. The zero-order valence-electron chi connectivity index (χ0n) is 14.7. The van der Waals surface area contributed by atoms with Gasteiger partial charge in [-0.25, -0.2) is 0 Å². The second-order valence-electron chi connectivity index (χ2n) is 5.72. The molecule has 146 valence electrons. The Morgan fingerprint density at radius 2 is 1.89 bits per heavy atom. The molecule has 0 aliphatic carbocycles. The van der Waals surface area contributed by atoms with E-state index >= 15 is 0 Å². The van der Waals surface area contributed by atoms with Crippen LogP contribution in [0, 0.1) is 0 Å². The molecule has 0 fully saturated rings. The van der Waals surface area contributed by atoms with Crippen LogP contribution in [0.4, 0.5) is 13.2 Å². The average molecular weight is 391 g/mol. The van der Waals surface area contributed by atoms with Crippen LogP contribution in [0.5, 0.6) is 11.5 Å². The Kier molecular flexibility index (Phi) is 5.53. The molecule has 9 heteroatoms. The van der Waals surface area contributed by atoms with Crippen LogP contribution in [-0.4, -0.2) is 29.6 Å². The van der Waals surface area contributed by atoms with Crippen LogP contribution in [0.2, 0.25) is 0 Å². The molecule has 1 heterocycles. The zero-order chi connectivity index (χ0) is 20.1. The standard InChI is InChI=1S/C19H16F3N3O3/c1-27-16-13(9-23-18(26)12-5-3-2-4-6-12)7-8-15(14-10-24-25-11-14)17(16)28-19(20,21)22/h2-8,10-11H,9H2,1H3,(H,23,26)(H,24,25). The monoisotopic (exact) mass is 391 g/mol. The predicted octanol–water partition coefficient (Wildman–Crippen LogP) is 3.91. The molecule has 0 radical (unpaired) electrons. The highest BCUT2D eigenvalue weighted by atomic mass is 19.4. The van der Waals surface area contributed by atoms with Crippen molar-refractivity contribution in [1.82, 2.24) is 15.5 Å². The fraction of sp³-hybridized carbons (Fsp3) is 0.158. The van der Waals surface area contributed by atoms with Crippen molar-refractivity contribution >= 4 is 5.91 Å². The molecule has 1 amide bonds. The van der Waals surface area contributed by atoms with Gasteiger partial charge in [0.05, 0.1) is 13.3 Å². The number of hydrogen-bond acceptors (Lipinski definition) is 4. The van der Waals surface area contributed by atoms with Crippen molar-refractivity contribution in [2.75, 3.05) is 7.11 Å². The van der Waals surface area contributed by atoms with Crippen molar-refractivity contribution in [2.45, 2.75) is 12.9 Å².